The van der Waals surface area contributed by atoms with Gasteiger partial charge in [0.25, 0.3) is 0 Å². The van der Waals surface area contributed by atoms with E-state index in [2.05, 4.69) is 12.0 Å². The second kappa shape index (κ2) is 4.58. The smallest absolute Gasteiger partial charge is 0.134 e. The second-order valence-corrected chi connectivity index (χ2v) is 4.01. The van der Waals surface area contributed by atoms with E-state index in [-0.39, 0.29) is 5.75 Å². The maximum atomic E-state index is 9.56. The van der Waals surface area contributed by atoms with Gasteiger partial charge in [-0.25, -0.2) is 0 Å². The van der Waals surface area contributed by atoms with Crippen molar-refractivity contribution in [1.29, 1.82) is 0 Å². The number of hydrogen-bond donors (Lipinski definition) is 1. The predicted octanol–water partition coefficient (Wildman–Crippen LogP) is 3.32. The molecule has 2 aromatic rings. The third kappa shape index (κ3) is 2.04. The van der Waals surface area contributed by atoms with Gasteiger partial charge in [0.1, 0.15) is 5.75 Å². The van der Waals surface area contributed by atoms with E-state index in [1.54, 1.807) is 18.3 Å². The highest BCUT2D eigenvalue weighted by Gasteiger charge is 2.07. The lowest BCUT2D eigenvalue weighted by molar-refractivity contribution is 0.475. The summed E-state index contributed by atoms with van der Waals surface area (Å²) < 4.78 is 1.92. The number of aromatic hydroxyl groups is 1. The standard InChI is InChI=1S/C12H13ClN2O/c1-2-7-15-11(5-6-14-15)9-3-4-10(13)12(16)8-9/h3-6,8,16H,2,7H2,1H3. The lowest BCUT2D eigenvalue weighted by atomic mass is 10.1. The highest BCUT2D eigenvalue weighted by atomic mass is 35.5. The number of phenolic OH excluding ortho intramolecular Hbond substituents is 1. The Labute approximate surface area is 99.3 Å². The van der Waals surface area contributed by atoms with Crippen LogP contribution in [0.1, 0.15) is 13.3 Å². The number of rotatable bonds is 3. The molecule has 0 spiro atoms. The molecule has 1 N–H and O–H groups in total. The minimum absolute atomic E-state index is 0.100. The molecular formula is C12H13ClN2O. The first-order valence-corrected chi connectivity index (χ1v) is 5.61. The molecule has 0 saturated carbocycles. The van der Waals surface area contributed by atoms with Gasteiger partial charge in [0.05, 0.1) is 10.7 Å². The number of benzene rings is 1. The molecule has 1 aromatic heterocycles. The van der Waals surface area contributed by atoms with Crippen molar-refractivity contribution < 1.29 is 5.11 Å². The minimum atomic E-state index is 0.100. The lowest BCUT2D eigenvalue weighted by Crippen LogP contribution is -2.00. The topological polar surface area (TPSA) is 38.0 Å². The Bertz CT molecular complexity index is 494. The van der Waals surface area contributed by atoms with Crippen LogP contribution in [-0.4, -0.2) is 14.9 Å². The fourth-order valence-electron chi connectivity index (χ4n) is 1.64. The summed E-state index contributed by atoms with van der Waals surface area (Å²) in [5, 5.41) is 14.2. The first kappa shape index (κ1) is 11.0. The molecule has 0 amide bonds. The Hall–Kier alpha value is -1.48. The molecule has 0 aliphatic heterocycles. The first-order chi connectivity index (χ1) is 7.72. The van der Waals surface area contributed by atoms with E-state index in [1.165, 1.54) is 0 Å². The molecular weight excluding hydrogens is 224 g/mol. The third-order valence-electron chi connectivity index (χ3n) is 2.39. The van der Waals surface area contributed by atoms with E-state index in [9.17, 15) is 5.11 Å². The predicted molar refractivity (Wildman–Crippen MR) is 64.6 cm³/mol. The molecule has 3 nitrogen and oxygen atoms in total. The van der Waals surface area contributed by atoms with Crippen molar-refractivity contribution in [1.82, 2.24) is 9.78 Å². The lowest BCUT2D eigenvalue weighted by Gasteiger charge is -2.07. The van der Waals surface area contributed by atoms with E-state index >= 15 is 0 Å². The highest BCUT2D eigenvalue weighted by molar-refractivity contribution is 6.32. The average molecular weight is 237 g/mol. The van der Waals surface area contributed by atoms with E-state index in [0.29, 0.717) is 5.02 Å². The van der Waals surface area contributed by atoms with Crippen molar-refractivity contribution in [3.63, 3.8) is 0 Å². The van der Waals surface area contributed by atoms with Crippen LogP contribution in [0, 0.1) is 0 Å². The molecule has 0 aliphatic rings. The van der Waals surface area contributed by atoms with Gasteiger partial charge in [0.2, 0.25) is 0 Å². The van der Waals surface area contributed by atoms with Crippen molar-refractivity contribution in [2.45, 2.75) is 19.9 Å². The molecule has 0 atom stereocenters. The molecule has 84 valence electrons. The minimum Gasteiger partial charge on any atom is -0.506 e. The Balaban J connectivity index is 2.42. The van der Waals surface area contributed by atoms with Crippen molar-refractivity contribution in [3.05, 3.63) is 35.5 Å². The summed E-state index contributed by atoms with van der Waals surface area (Å²) in [5.41, 5.74) is 1.92. The Kier molecular flexibility index (Phi) is 3.15. The van der Waals surface area contributed by atoms with E-state index in [4.69, 9.17) is 11.6 Å². The number of aromatic nitrogens is 2. The molecule has 0 radical (unpaired) electrons. The third-order valence-corrected chi connectivity index (χ3v) is 2.71. The summed E-state index contributed by atoms with van der Waals surface area (Å²) >= 11 is 5.77. The fourth-order valence-corrected chi connectivity index (χ4v) is 1.76. The number of nitrogens with zero attached hydrogens (tertiary/aromatic N) is 2. The van der Waals surface area contributed by atoms with Crippen LogP contribution in [0.5, 0.6) is 5.75 Å². The van der Waals surface area contributed by atoms with Crippen LogP contribution in [-0.2, 0) is 6.54 Å². The van der Waals surface area contributed by atoms with E-state index in [1.807, 2.05) is 16.8 Å². The molecule has 0 unspecified atom stereocenters. The van der Waals surface area contributed by atoms with Gasteiger partial charge < -0.3 is 5.11 Å². The Morgan fingerprint density at radius 3 is 2.88 bits per heavy atom. The summed E-state index contributed by atoms with van der Waals surface area (Å²) in [6.07, 6.45) is 2.78. The number of hydrogen-bond acceptors (Lipinski definition) is 2. The largest absolute Gasteiger partial charge is 0.506 e. The second-order valence-electron chi connectivity index (χ2n) is 3.61. The number of halogens is 1. The van der Waals surface area contributed by atoms with Gasteiger partial charge in [-0.2, -0.15) is 5.10 Å². The van der Waals surface area contributed by atoms with Crippen LogP contribution in [0.15, 0.2) is 30.5 Å². The van der Waals surface area contributed by atoms with Gasteiger partial charge in [0.15, 0.2) is 0 Å². The summed E-state index contributed by atoms with van der Waals surface area (Å²) in [7, 11) is 0. The van der Waals surface area contributed by atoms with Gasteiger partial charge in [-0.3, -0.25) is 4.68 Å². The first-order valence-electron chi connectivity index (χ1n) is 5.23. The molecule has 2 rings (SSSR count). The van der Waals surface area contributed by atoms with Crippen LogP contribution in [0.2, 0.25) is 5.02 Å². The zero-order valence-electron chi connectivity index (χ0n) is 9.02. The Morgan fingerprint density at radius 2 is 2.19 bits per heavy atom. The molecule has 0 bridgehead atoms. The van der Waals surface area contributed by atoms with Crippen LogP contribution in [0.25, 0.3) is 11.3 Å². The van der Waals surface area contributed by atoms with Crippen molar-refractivity contribution >= 4 is 11.6 Å². The van der Waals surface area contributed by atoms with E-state index < -0.39 is 0 Å². The maximum Gasteiger partial charge on any atom is 0.134 e. The van der Waals surface area contributed by atoms with Crippen molar-refractivity contribution in [2.75, 3.05) is 0 Å². The zero-order valence-corrected chi connectivity index (χ0v) is 9.78. The quantitative estimate of drug-likeness (QED) is 0.888. The maximum absolute atomic E-state index is 9.56. The molecule has 0 saturated heterocycles. The Morgan fingerprint density at radius 1 is 1.38 bits per heavy atom. The summed E-state index contributed by atoms with van der Waals surface area (Å²) in [5.74, 6) is 0.100. The molecule has 4 heteroatoms. The molecule has 0 fully saturated rings. The van der Waals surface area contributed by atoms with Crippen LogP contribution in [0.4, 0.5) is 0 Å². The van der Waals surface area contributed by atoms with Gasteiger partial charge >= 0.3 is 0 Å². The average Bonchev–Trinajstić information content (AvgIpc) is 2.71. The monoisotopic (exact) mass is 236 g/mol. The zero-order chi connectivity index (χ0) is 11.5. The normalized spacial score (nSPS) is 10.6. The van der Waals surface area contributed by atoms with Crippen molar-refractivity contribution in [3.8, 4) is 17.0 Å². The molecule has 1 aromatic carbocycles. The van der Waals surface area contributed by atoms with Crippen LogP contribution in [0.3, 0.4) is 0 Å². The van der Waals surface area contributed by atoms with Gasteiger partial charge in [-0.05, 0) is 24.6 Å². The number of aryl methyl sites for hydroxylation is 1. The SMILES string of the molecule is CCCn1nccc1-c1ccc(Cl)c(O)c1. The summed E-state index contributed by atoms with van der Waals surface area (Å²) in [6.45, 7) is 2.97. The number of phenols is 1. The fraction of sp³-hybridized carbons (Fsp3) is 0.250. The van der Waals surface area contributed by atoms with Gasteiger partial charge in [-0.1, -0.05) is 24.6 Å². The summed E-state index contributed by atoms with van der Waals surface area (Å²) in [4.78, 5) is 0. The van der Waals surface area contributed by atoms with Crippen LogP contribution >= 0.6 is 11.6 Å². The van der Waals surface area contributed by atoms with Gasteiger partial charge in [0, 0.05) is 18.3 Å². The van der Waals surface area contributed by atoms with Crippen LogP contribution < -0.4 is 0 Å². The molecule has 16 heavy (non-hydrogen) atoms. The molecule has 1 heterocycles. The molecule has 0 aliphatic carbocycles. The van der Waals surface area contributed by atoms with E-state index in [0.717, 1.165) is 24.2 Å². The van der Waals surface area contributed by atoms with Gasteiger partial charge in [-0.15, -0.1) is 0 Å². The summed E-state index contributed by atoms with van der Waals surface area (Å²) in [6, 6.07) is 7.16. The van der Waals surface area contributed by atoms with Crippen molar-refractivity contribution in [2.24, 2.45) is 0 Å². The highest BCUT2D eigenvalue weighted by Crippen LogP contribution is 2.29.